The molecule has 0 radical (unpaired) electrons. The van der Waals surface area contributed by atoms with Gasteiger partial charge in [0.25, 0.3) is 0 Å². The molecule has 0 spiro atoms. The molecule has 1 heterocycles. The van der Waals surface area contributed by atoms with Gasteiger partial charge in [0.15, 0.2) is 0 Å². The molecule has 0 aliphatic carbocycles. The van der Waals surface area contributed by atoms with Gasteiger partial charge in [0, 0.05) is 17.5 Å². The van der Waals surface area contributed by atoms with Crippen molar-refractivity contribution >= 4 is 21.4 Å². The van der Waals surface area contributed by atoms with E-state index in [4.69, 9.17) is 0 Å². The van der Waals surface area contributed by atoms with E-state index in [0.717, 1.165) is 11.4 Å². The van der Waals surface area contributed by atoms with Gasteiger partial charge in [0.1, 0.15) is 0 Å². The first-order valence-corrected chi connectivity index (χ1v) is 8.30. The lowest BCUT2D eigenvalue weighted by atomic mass is 10.3. The molecule has 17 heavy (non-hydrogen) atoms. The Morgan fingerprint density at radius 1 is 1.47 bits per heavy atom. The molecule has 0 fully saturated rings. The Bertz CT molecular complexity index is 401. The van der Waals surface area contributed by atoms with Gasteiger partial charge in [-0.25, -0.2) is 13.1 Å². The topological polar surface area (TPSA) is 58.2 Å². The van der Waals surface area contributed by atoms with E-state index in [1.807, 2.05) is 31.4 Å². The second-order valence-electron chi connectivity index (χ2n) is 3.96. The lowest BCUT2D eigenvalue weighted by molar-refractivity contribution is 0.536. The van der Waals surface area contributed by atoms with Crippen molar-refractivity contribution in [2.45, 2.75) is 26.3 Å². The van der Waals surface area contributed by atoms with Crippen molar-refractivity contribution in [2.24, 2.45) is 0 Å². The van der Waals surface area contributed by atoms with Crippen molar-refractivity contribution in [1.29, 1.82) is 0 Å². The molecule has 0 aromatic carbocycles. The molecule has 0 saturated heterocycles. The Morgan fingerprint density at radius 3 is 2.82 bits per heavy atom. The van der Waals surface area contributed by atoms with Crippen LogP contribution in [-0.2, 0) is 16.4 Å². The zero-order chi connectivity index (χ0) is 12.7. The summed E-state index contributed by atoms with van der Waals surface area (Å²) in [6.45, 7) is 5.26. The maximum atomic E-state index is 11.7. The highest BCUT2D eigenvalue weighted by Crippen LogP contribution is 2.09. The fourth-order valence-corrected chi connectivity index (χ4v) is 3.41. The van der Waals surface area contributed by atoms with Gasteiger partial charge < -0.3 is 5.32 Å². The van der Waals surface area contributed by atoms with Gasteiger partial charge >= 0.3 is 0 Å². The summed E-state index contributed by atoms with van der Waals surface area (Å²) in [4.78, 5) is 1.11. The van der Waals surface area contributed by atoms with Crippen LogP contribution in [0.2, 0.25) is 0 Å². The second-order valence-corrected chi connectivity index (χ2v) is 6.91. The monoisotopic (exact) mass is 276 g/mol. The molecule has 4 nitrogen and oxygen atoms in total. The normalized spacial score (nSPS) is 13.8. The van der Waals surface area contributed by atoms with E-state index in [2.05, 4.69) is 10.0 Å². The summed E-state index contributed by atoms with van der Waals surface area (Å²) >= 11 is 1.59. The fraction of sp³-hybridized carbons (Fsp3) is 0.636. The predicted octanol–water partition coefficient (Wildman–Crippen LogP) is 1.21. The Balaban J connectivity index is 2.31. The van der Waals surface area contributed by atoms with Crippen molar-refractivity contribution in [1.82, 2.24) is 10.0 Å². The zero-order valence-corrected chi connectivity index (χ0v) is 11.9. The van der Waals surface area contributed by atoms with E-state index in [-0.39, 0.29) is 11.8 Å². The SMILES string of the molecule is CCN[C@H](C)CNS(=O)(=O)CCc1cccs1. The molecule has 0 aliphatic heterocycles. The van der Waals surface area contributed by atoms with Crippen molar-refractivity contribution in [3.05, 3.63) is 22.4 Å². The molecule has 1 aromatic rings. The summed E-state index contributed by atoms with van der Waals surface area (Å²) < 4.78 is 26.0. The highest BCUT2D eigenvalue weighted by molar-refractivity contribution is 7.89. The molecule has 0 aliphatic rings. The summed E-state index contributed by atoms with van der Waals surface area (Å²) in [5.74, 6) is 0.159. The number of aryl methyl sites for hydroxylation is 1. The van der Waals surface area contributed by atoms with Crippen molar-refractivity contribution < 1.29 is 8.42 Å². The van der Waals surface area contributed by atoms with Crippen LogP contribution < -0.4 is 10.0 Å². The van der Waals surface area contributed by atoms with Crippen LogP contribution in [0, 0.1) is 0 Å². The summed E-state index contributed by atoms with van der Waals surface area (Å²) in [7, 11) is -3.15. The number of sulfonamides is 1. The molecule has 1 rings (SSSR count). The van der Waals surface area contributed by atoms with E-state index < -0.39 is 10.0 Å². The minimum Gasteiger partial charge on any atom is -0.313 e. The van der Waals surface area contributed by atoms with Gasteiger partial charge in [-0.3, -0.25) is 0 Å². The summed E-state index contributed by atoms with van der Waals surface area (Å²) in [6.07, 6.45) is 0.586. The van der Waals surface area contributed by atoms with Gasteiger partial charge in [-0.2, -0.15) is 0 Å². The number of thiophene rings is 1. The largest absolute Gasteiger partial charge is 0.313 e. The molecule has 98 valence electrons. The third kappa shape index (κ3) is 6.16. The van der Waals surface area contributed by atoms with Crippen molar-refractivity contribution in [3.8, 4) is 0 Å². The lowest BCUT2D eigenvalue weighted by Gasteiger charge is -2.13. The Hall–Kier alpha value is -0.430. The number of hydrogen-bond acceptors (Lipinski definition) is 4. The third-order valence-electron chi connectivity index (χ3n) is 2.36. The molecular formula is C11H20N2O2S2. The van der Waals surface area contributed by atoms with Crippen LogP contribution in [0.1, 0.15) is 18.7 Å². The van der Waals surface area contributed by atoms with E-state index in [9.17, 15) is 8.42 Å². The van der Waals surface area contributed by atoms with Crippen LogP contribution in [0.25, 0.3) is 0 Å². The van der Waals surface area contributed by atoms with Crippen LogP contribution in [-0.4, -0.2) is 33.3 Å². The maximum absolute atomic E-state index is 11.7. The molecule has 0 saturated carbocycles. The van der Waals surface area contributed by atoms with E-state index >= 15 is 0 Å². The van der Waals surface area contributed by atoms with Crippen LogP contribution in [0.4, 0.5) is 0 Å². The molecule has 0 bridgehead atoms. The lowest BCUT2D eigenvalue weighted by Crippen LogP contribution is -2.39. The Morgan fingerprint density at radius 2 is 2.24 bits per heavy atom. The molecule has 2 N–H and O–H groups in total. The smallest absolute Gasteiger partial charge is 0.212 e. The Labute approximate surface area is 107 Å². The van der Waals surface area contributed by atoms with E-state index in [1.165, 1.54) is 0 Å². The van der Waals surface area contributed by atoms with Crippen molar-refractivity contribution in [2.75, 3.05) is 18.8 Å². The maximum Gasteiger partial charge on any atom is 0.212 e. The third-order valence-corrected chi connectivity index (χ3v) is 4.64. The van der Waals surface area contributed by atoms with Crippen LogP contribution in [0.15, 0.2) is 17.5 Å². The van der Waals surface area contributed by atoms with Gasteiger partial charge in [0.2, 0.25) is 10.0 Å². The summed E-state index contributed by atoms with van der Waals surface area (Å²) in [5, 5.41) is 5.12. The minimum absolute atomic E-state index is 0.159. The highest BCUT2D eigenvalue weighted by Gasteiger charge is 2.11. The van der Waals surface area contributed by atoms with Gasteiger partial charge in [-0.1, -0.05) is 13.0 Å². The number of hydrogen-bond donors (Lipinski definition) is 2. The molecule has 0 amide bonds. The van der Waals surface area contributed by atoms with Gasteiger partial charge in [-0.05, 0) is 31.3 Å². The average Bonchev–Trinajstić information content (AvgIpc) is 2.77. The van der Waals surface area contributed by atoms with Crippen LogP contribution in [0.3, 0.4) is 0 Å². The average molecular weight is 276 g/mol. The van der Waals surface area contributed by atoms with Gasteiger partial charge in [0.05, 0.1) is 5.75 Å². The zero-order valence-electron chi connectivity index (χ0n) is 10.3. The first-order chi connectivity index (χ1) is 8.03. The second kappa shape index (κ2) is 7.10. The Kier molecular flexibility index (Phi) is 6.11. The number of likely N-dealkylation sites (N-methyl/N-ethyl adjacent to an activating group) is 1. The molecule has 1 atom stereocenters. The molecule has 0 unspecified atom stereocenters. The van der Waals surface area contributed by atoms with E-state index in [0.29, 0.717) is 13.0 Å². The van der Waals surface area contributed by atoms with Crippen LogP contribution in [0.5, 0.6) is 0 Å². The van der Waals surface area contributed by atoms with Crippen molar-refractivity contribution in [3.63, 3.8) is 0 Å². The quantitative estimate of drug-likeness (QED) is 0.750. The van der Waals surface area contributed by atoms with Crippen LogP contribution >= 0.6 is 11.3 Å². The molecule has 1 aromatic heterocycles. The standard InChI is InChI=1S/C11H20N2O2S2/c1-3-12-10(2)9-13-17(14,15)8-6-11-5-4-7-16-11/h4-5,7,10,12-13H,3,6,8-9H2,1-2H3/t10-/m1/s1. The summed E-state index contributed by atoms with van der Waals surface area (Å²) in [6, 6.07) is 4.06. The summed E-state index contributed by atoms with van der Waals surface area (Å²) in [5.41, 5.74) is 0. The first-order valence-electron chi connectivity index (χ1n) is 5.76. The minimum atomic E-state index is -3.15. The highest BCUT2D eigenvalue weighted by atomic mass is 32.2. The first kappa shape index (κ1) is 14.6. The van der Waals surface area contributed by atoms with Gasteiger partial charge in [-0.15, -0.1) is 11.3 Å². The fourth-order valence-electron chi connectivity index (χ4n) is 1.43. The molecule has 6 heteroatoms. The number of nitrogens with one attached hydrogen (secondary N) is 2. The van der Waals surface area contributed by atoms with E-state index in [1.54, 1.807) is 11.3 Å². The number of rotatable bonds is 8. The predicted molar refractivity (Wildman–Crippen MR) is 73.0 cm³/mol. The molecular weight excluding hydrogens is 256 g/mol.